The molecule has 0 aliphatic carbocycles. The molecular formula is C15H15N2O4S-. The summed E-state index contributed by atoms with van der Waals surface area (Å²) in [5.41, 5.74) is 1.30. The number of nitrogens with zero attached hydrogens (tertiary/aromatic N) is 1. The van der Waals surface area contributed by atoms with Crippen LogP contribution in [0.3, 0.4) is 0 Å². The summed E-state index contributed by atoms with van der Waals surface area (Å²) in [4.78, 5) is 26.5. The highest BCUT2D eigenvalue weighted by molar-refractivity contribution is 7.09. The van der Waals surface area contributed by atoms with Gasteiger partial charge in [-0.05, 0) is 6.07 Å². The fraction of sp³-hybridized carbons (Fsp3) is 0.267. The molecule has 7 heteroatoms. The third-order valence-electron chi connectivity index (χ3n) is 2.91. The first-order chi connectivity index (χ1) is 10.6. The van der Waals surface area contributed by atoms with E-state index in [9.17, 15) is 14.7 Å². The van der Waals surface area contributed by atoms with Crippen molar-refractivity contribution >= 4 is 23.2 Å². The molecule has 6 nitrogen and oxygen atoms in total. The number of hydrogen-bond acceptors (Lipinski definition) is 6. The summed E-state index contributed by atoms with van der Waals surface area (Å²) in [7, 11) is 1.58. The van der Waals surface area contributed by atoms with Gasteiger partial charge in [-0.25, -0.2) is 4.98 Å². The molecule has 1 amide bonds. The van der Waals surface area contributed by atoms with Crippen molar-refractivity contribution in [3.63, 3.8) is 0 Å². The van der Waals surface area contributed by atoms with Gasteiger partial charge in [0, 0.05) is 29.9 Å². The highest BCUT2D eigenvalue weighted by Crippen LogP contribution is 2.17. The largest absolute Gasteiger partial charge is 0.550 e. The number of hydrogen-bond donors (Lipinski definition) is 1. The maximum Gasteiger partial charge on any atom is 0.227 e. The van der Waals surface area contributed by atoms with E-state index in [0.717, 1.165) is 5.56 Å². The summed E-state index contributed by atoms with van der Waals surface area (Å²) in [5.74, 6) is -0.647. The number of thiazole rings is 1. The Morgan fingerprint density at radius 1 is 1.32 bits per heavy atom. The number of rotatable bonds is 7. The van der Waals surface area contributed by atoms with Crippen molar-refractivity contribution in [2.24, 2.45) is 0 Å². The molecule has 0 saturated carbocycles. The zero-order chi connectivity index (χ0) is 15.9. The molecule has 0 spiro atoms. The van der Waals surface area contributed by atoms with E-state index in [1.165, 1.54) is 11.3 Å². The number of carbonyl (C=O) groups excluding carboxylic acids is 2. The Kier molecular flexibility index (Phi) is 5.48. The van der Waals surface area contributed by atoms with Crippen LogP contribution in [0.15, 0.2) is 29.6 Å². The zero-order valence-corrected chi connectivity index (χ0v) is 12.8. The van der Waals surface area contributed by atoms with Crippen molar-refractivity contribution in [2.45, 2.75) is 19.4 Å². The minimum atomic E-state index is -1.18. The Balaban J connectivity index is 1.87. The summed E-state index contributed by atoms with van der Waals surface area (Å²) in [6.45, 7) is 0.361. The number of carbonyl (C=O) groups is 2. The molecule has 0 saturated heterocycles. The van der Waals surface area contributed by atoms with E-state index in [2.05, 4.69) is 10.3 Å². The second kappa shape index (κ2) is 7.56. The molecule has 1 aromatic heterocycles. The number of carboxylic acid groups (broad SMARTS) is 1. The summed E-state index contributed by atoms with van der Waals surface area (Å²) in [6.07, 6.45) is -0.119. The van der Waals surface area contributed by atoms with Crippen LogP contribution in [0.5, 0.6) is 5.75 Å². The molecule has 0 unspecified atom stereocenters. The number of ether oxygens (including phenoxy) is 1. The van der Waals surface area contributed by atoms with Crippen molar-refractivity contribution in [3.05, 3.63) is 45.9 Å². The lowest BCUT2D eigenvalue weighted by Gasteiger charge is -2.08. The average Bonchev–Trinajstić information content (AvgIpc) is 2.91. The third-order valence-corrected chi connectivity index (χ3v) is 3.80. The van der Waals surface area contributed by atoms with Gasteiger partial charge in [0.2, 0.25) is 5.91 Å². The second-order valence-electron chi connectivity index (χ2n) is 4.55. The van der Waals surface area contributed by atoms with Gasteiger partial charge in [0.25, 0.3) is 0 Å². The Morgan fingerprint density at radius 3 is 2.82 bits per heavy atom. The van der Waals surface area contributed by atoms with Gasteiger partial charge in [0.1, 0.15) is 10.8 Å². The summed E-state index contributed by atoms with van der Waals surface area (Å²) in [6, 6.07) is 7.44. The zero-order valence-electron chi connectivity index (χ0n) is 12.0. The van der Waals surface area contributed by atoms with Crippen molar-refractivity contribution in [2.75, 3.05) is 7.11 Å². The molecule has 1 N–H and O–H groups in total. The van der Waals surface area contributed by atoms with Gasteiger partial charge in [0.05, 0.1) is 19.2 Å². The molecule has 0 atom stereocenters. The lowest BCUT2D eigenvalue weighted by Crippen LogP contribution is -2.25. The van der Waals surface area contributed by atoms with Gasteiger partial charge in [-0.3, -0.25) is 4.79 Å². The number of nitrogens with one attached hydrogen (secondary N) is 1. The maximum atomic E-state index is 11.9. The normalized spacial score (nSPS) is 10.2. The minimum Gasteiger partial charge on any atom is -0.550 e. The Hall–Kier alpha value is -2.41. The van der Waals surface area contributed by atoms with Crippen LogP contribution in [0, 0.1) is 0 Å². The topological polar surface area (TPSA) is 91.3 Å². The van der Waals surface area contributed by atoms with Gasteiger partial charge in [-0.1, -0.05) is 18.2 Å². The maximum absolute atomic E-state index is 11.9. The predicted molar refractivity (Wildman–Crippen MR) is 79.4 cm³/mol. The highest BCUT2D eigenvalue weighted by Gasteiger charge is 2.09. The van der Waals surface area contributed by atoms with E-state index in [1.54, 1.807) is 12.5 Å². The first kappa shape index (κ1) is 16.0. The average molecular weight is 319 g/mol. The molecule has 2 aromatic rings. The number of para-hydroxylation sites is 1. The summed E-state index contributed by atoms with van der Waals surface area (Å²) in [5, 5.41) is 15.5. The van der Waals surface area contributed by atoms with Crippen LogP contribution in [0.2, 0.25) is 0 Å². The van der Waals surface area contributed by atoms with Crippen LogP contribution in [-0.2, 0) is 29.0 Å². The minimum absolute atomic E-state index is 0.118. The fourth-order valence-corrected chi connectivity index (χ4v) is 2.69. The summed E-state index contributed by atoms with van der Waals surface area (Å²) >= 11 is 1.26. The quantitative estimate of drug-likeness (QED) is 0.793. The second-order valence-corrected chi connectivity index (χ2v) is 5.49. The standard InChI is InChI=1S/C15H16N2O4S/c1-21-12-5-3-2-4-10(12)8-16-13(18)7-14-17-11(9-22-14)6-15(19)20/h2-5,9H,6-8H2,1H3,(H,16,18)(H,19,20)/p-1. The lowest BCUT2D eigenvalue weighted by molar-refractivity contribution is -0.304. The molecule has 0 aliphatic heterocycles. The van der Waals surface area contributed by atoms with E-state index in [-0.39, 0.29) is 18.7 Å². The third kappa shape index (κ3) is 4.56. The first-order valence-electron chi connectivity index (χ1n) is 6.60. The first-order valence-corrected chi connectivity index (χ1v) is 7.48. The van der Waals surface area contributed by atoms with E-state index in [1.807, 2.05) is 24.3 Å². The molecule has 1 heterocycles. The van der Waals surface area contributed by atoms with Crippen LogP contribution in [-0.4, -0.2) is 24.0 Å². The molecule has 0 radical (unpaired) electrons. The number of carboxylic acids is 1. The van der Waals surface area contributed by atoms with Gasteiger partial charge < -0.3 is 20.0 Å². The number of benzene rings is 1. The van der Waals surface area contributed by atoms with Gasteiger partial charge in [-0.15, -0.1) is 11.3 Å². The van der Waals surface area contributed by atoms with Gasteiger partial charge >= 0.3 is 0 Å². The van der Waals surface area contributed by atoms with Crippen molar-refractivity contribution in [1.82, 2.24) is 10.3 Å². The number of amides is 1. The Morgan fingerprint density at radius 2 is 2.09 bits per heavy atom. The van der Waals surface area contributed by atoms with Crippen molar-refractivity contribution in [3.8, 4) is 5.75 Å². The van der Waals surface area contributed by atoms with E-state index >= 15 is 0 Å². The Bertz CT molecular complexity index is 669. The van der Waals surface area contributed by atoms with Gasteiger partial charge in [-0.2, -0.15) is 0 Å². The molecule has 116 valence electrons. The smallest absolute Gasteiger partial charge is 0.227 e. The highest BCUT2D eigenvalue weighted by atomic mass is 32.1. The van der Waals surface area contributed by atoms with Crippen molar-refractivity contribution in [1.29, 1.82) is 0 Å². The molecule has 0 aliphatic rings. The molecule has 22 heavy (non-hydrogen) atoms. The monoisotopic (exact) mass is 319 g/mol. The summed E-state index contributed by atoms with van der Waals surface area (Å²) < 4.78 is 5.21. The Labute approximate surface area is 131 Å². The fourth-order valence-electron chi connectivity index (χ4n) is 1.90. The van der Waals surface area contributed by atoms with E-state index in [4.69, 9.17) is 4.74 Å². The van der Waals surface area contributed by atoms with Crippen LogP contribution in [0.4, 0.5) is 0 Å². The van der Waals surface area contributed by atoms with Crippen LogP contribution >= 0.6 is 11.3 Å². The van der Waals surface area contributed by atoms with Crippen LogP contribution in [0.1, 0.15) is 16.3 Å². The molecule has 2 rings (SSSR count). The molecular weight excluding hydrogens is 304 g/mol. The number of aliphatic carboxylic acids is 1. The predicted octanol–water partition coefficient (Wildman–Crippen LogP) is 0.303. The van der Waals surface area contributed by atoms with Crippen molar-refractivity contribution < 1.29 is 19.4 Å². The van der Waals surface area contributed by atoms with Crippen LogP contribution < -0.4 is 15.2 Å². The van der Waals surface area contributed by atoms with E-state index < -0.39 is 5.97 Å². The molecule has 0 bridgehead atoms. The molecule has 1 aromatic carbocycles. The molecule has 0 fully saturated rings. The van der Waals surface area contributed by atoms with E-state index in [0.29, 0.717) is 23.0 Å². The number of aromatic nitrogens is 1. The number of methoxy groups -OCH3 is 1. The van der Waals surface area contributed by atoms with Crippen LogP contribution in [0.25, 0.3) is 0 Å². The van der Waals surface area contributed by atoms with Gasteiger partial charge in [0.15, 0.2) is 0 Å². The SMILES string of the molecule is COc1ccccc1CNC(=O)Cc1nc(CC(=O)[O-])cs1. The lowest BCUT2D eigenvalue weighted by atomic mass is 10.2.